The van der Waals surface area contributed by atoms with Gasteiger partial charge in [-0.15, -0.1) is 0 Å². The number of para-hydroxylation sites is 1. The SMILES string of the molecule is O=C(O)C(c1ccccc1OCc1ccccc1)N(Cc1ccccc1)Cc1ccccc1. The van der Waals surface area contributed by atoms with Gasteiger partial charge in [0, 0.05) is 18.7 Å². The van der Waals surface area contributed by atoms with Crippen LogP contribution < -0.4 is 4.74 Å². The number of aliphatic carboxylic acids is 1. The van der Waals surface area contributed by atoms with Gasteiger partial charge in [0.25, 0.3) is 0 Å². The Morgan fingerprint density at radius 1 is 0.667 bits per heavy atom. The molecule has 0 aliphatic heterocycles. The lowest BCUT2D eigenvalue weighted by Gasteiger charge is -2.30. The Labute approximate surface area is 194 Å². The Kier molecular flexibility index (Phi) is 7.52. The average molecular weight is 438 g/mol. The summed E-state index contributed by atoms with van der Waals surface area (Å²) < 4.78 is 6.11. The molecule has 33 heavy (non-hydrogen) atoms. The van der Waals surface area contributed by atoms with Gasteiger partial charge in [0.1, 0.15) is 18.4 Å². The lowest BCUT2D eigenvalue weighted by Crippen LogP contribution is -2.33. The number of ether oxygens (including phenoxy) is 1. The average Bonchev–Trinajstić information content (AvgIpc) is 2.85. The summed E-state index contributed by atoms with van der Waals surface area (Å²) in [5.74, 6) is -0.322. The zero-order valence-electron chi connectivity index (χ0n) is 18.4. The second kappa shape index (κ2) is 11.1. The Balaban J connectivity index is 1.67. The third kappa shape index (κ3) is 6.09. The van der Waals surface area contributed by atoms with Gasteiger partial charge in [-0.05, 0) is 22.8 Å². The largest absolute Gasteiger partial charge is 0.489 e. The molecule has 4 nitrogen and oxygen atoms in total. The summed E-state index contributed by atoms with van der Waals surface area (Å²) in [5, 5.41) is 10.4. The summed E-state index contributed by atoms with van der Waals surface area (Å²) in [7, 11) is 0. The fraction of sp³-hybridized carbons (Fsp3) is 0.138. The maximum atomic E-state index is 12.7. The van der Waals surface area contributed by atoms with Gasteiger partial charge < -0.3 is 9.84 Å². The van der Waals surface area contributed by atoms with Crippen LogP contribution in [0.25, 0.3) is 0 Å². The van der Waals surface area contributed by atoms with Crippen molar-refractivity contribution in [3.63, 3.8) is 0 Å². The van der Waals surface area contributed by atoms with Gasteiger partial charge in [0.2, 0.25) is 0 Å². The van der Waals surface area contributed by atoms with Crippen LogP contribution in [0.15, 0.2) is 115 Å². The number of rotatable bonds is 10. The molecule has 4 aromatic rings. The maximum Gasteiger partial charge on any atom is 0.325 e. The van der Waals surface area contributed by atoms with Crippen LogP contribution in [0.2, 0.25) is 0 Å². The van der Waals surface area contributed by atoms with E-state index in [1.807, 2.05) is 120 Å². The van der Waals surface area contributed by atoms with Crippen molar-refractivity contribution in [3.8, 4) is 5.75 Å². The molecule has 0 spiro atoms. The summed E-state index contributed by atoms with van der Waals surface area (Å²) in [4.78, 5) is 14.6. The number of hydrogen-bond donors (Lipinski definition) is 1. The summed E-state index contributed by atoms with van der Waals surface area (Å²) in [6.45, 7) is 1.38. The molecule has 0 fully saturated rings. The number of carbonyl (C=O) groups is 1. The molecule has 166 valence electrons. The lowest BCUT2D eigenvalue weighted by molar-refractivity contribution is -0.144. The molecular formula is C29H27NO3. The smallest absolute Gasteiger partial charge is 0.325 e. The quantitative estimate of drug-likeness (QED) is 0.326. The predicted molar refractivity (Wildman–Crippen MR) is 130 cm³/mol. The second-order valence-corrected chi connectivity index (χ2v) is 7.93. The van der Waals surface area contributed by atoms with Crippen molar-refractivity contribution in [2.45, 2.75) is 25.7 Å². The fourth-order valence-electron chi connectivity index (χ4n) is 3.93. The molecule has 0 aliphatic carbocycles. The van der Waals surface area contributed by atoms with Gasteiger partial charge in [-0.1, -0.05) is 109 Å². The minimum Gasteiger partial charge on any atom is -0.489 e. The van der Waals surface area contributed by atoms with Crippen molar-refractivity contribution in [1.29, 1.82) is 0 Å². The van der Waals surface area contributed by atoms with E-state index >= 15 is 0 Å². The molecule has 1 atom stereocenters. The van der Waals surface area contributed by atoms with E-state index in [1.165, 1.54) is 0 Å². The standard InChI is InChI=1S/C29H27NO3/c31-29(32)28(26-18-10-11-19-27(26)33-22-25-16-8-3-9-17-25)30(20-23-12-4-1-5-13-23)21-24-14-6-2-7-15-24/h1-19,28H,20-22H2,(H,31,32). The molecule has 0 aliphatic rings. The summed E-state index contributed by atoms with van der Waals surface area (Å²) in [5.41, 5.74) is 3.79. The molecular weight excluding hydrogens is 410 g/mol. The van der Waals surface area contributed by atoms with Crippen LogP contribution in [0.4, 0.5) is 0 Å². The molecule has 0 saturated carbocycles. The third-order valence-electron chi connectivity index (χ3n) is 5.51. The van der Waals surface area contributed by atoms with Crippen LogP contribution in [0, 0.1) is 0 Å². The van der Waals surface area contributed by atoms with Crippen molar-refractivity contribution in [2.24, 2.45) is 0 Å². The molecule has 0 amide bonds. The number of carboxylic acid groups (broad SMARTS) is 1. The highest BCUT2D eigenvalue weighted by molar-refractivity contribution is 5.76. The van der Waals surface area contributed by atoms with Crippen molar-refractivity contribution < 1.29 is 14.6 Å². The zero-order valence-corrected chi connectivity index (χ0v) is 18.4. The molecule has 1 N–H and O–H groups in total. The molecule has 4 heteroatoms. The first kappa shape index (κ1) is 22.3. The number of hydrogen-bond acceptors (Lipinski definition) is 3. The molecule has 0 aromatic heterocycles. The molecule has 0 heterocycles. The first-order valence-electron chi connectivity index (χ1n) is 11.0. The molecule has 0 saturated heterocycles. The molecule has 0 bridgehead atoms. The first-order chi connectivity index (χ1) is 16.2. The predicted octanol–water partition coefficient (Wildman–Crippen LogP) is 6.09. The van der Waals surface area contributed by atoms with E-state index in [4.69, 9.17) is 4.74 Å². The van der Waals surface area contributed by atoms with Crippen LogP contribution in [-0.4, -0.2) is 16.0 Å². The van der Waals surface area contributed by atoms with Gasteiger partial charge in [0.15, 0.2) is 0 Å². The summed E-state index contributed by atoms with van der Waals surface area (Å²) in [6.07, 6.45) is 0. The third-order valence-corrected chi connectivity index (χ3v) is 5.51. The van der Waals surface area contributed by atoms with Crippen LogP contribution in [0.3, 0.4) is 0 Å². The van der Waals surface area contributed by atoms with Crippen molar-refractivity contribution in [3.05, 3.63) is 138 Å². The summed E-state index contributed by atoms with van der Waals surface area (Å²) in [6, 6.07) is 36.4. The Morgan fingerprint density at radius 2 is 1.12 bits per heavy atom. The van der Waals surface area contributed by atoms with Crippen LogP contribution in [0.1, 0.15) is 28.3 Å². The Morgan fingerprint density at radius 3 is 1.64 bits per heavy atom. The lowest BCUT2D eigenvalue weighted by atomic mass is 10.0. The highest BCUT2D eigenvalue weighted by atomic mass is 16.5. The maximum absolute atomic E-state index is 12.7. The fourth-order valence-corrected chi connectivity index (χ4v) is 3.93. The van der Waals surface area contributed by atoms with Crippen LogP contribution in [-0.2, 0) is 24.5 Å². The normalized spacial score (nSPS) is 11.8. The molecule has 1 unspecified atom stereocenters. The van der Waals surface area contributed by atoms with Gasteiger partial charge >= 0.3 is 5.97 Å². The Hall–Kier alpha value is -3.89. The monoisotopic (exact) mass is 437 g/mol. The molecule has 4 aromatic carbocycles. The zero-order chi connectivity index (χ0) is 22.9. The topological polar surface area (TPSA) is 49.8 Å². The van der Waals surface area contributed by atoms with E-state index in [1.54, 1.807) is 0 Å². The van der Waals surface area contributed by atoms with Gasteiger partial charge in [-0.2, -0.15) is 0 Å². The van der Waals surface area contributed by atoms with Crippen LogP contribution >= 0.6 is 0 Å². The van der Waals surface area contributed by atoms with Crippen LogP contribution in [0.5, 0.6) is 5.75 Å². The first-order valence-corrected chi connectivity index (χ1v) is 11.0. The molecule has 0 radical (unpaired) electrons. The second-order valence-electron chi connectivity index (χ2n) is 7.93. The van der Waals surface area contributed by atoms with E-state index in [0.29, 0.717) is 31.0 Å². The summed E-state index contributed by atoms with van der Waals surface area (Å²) >= 11 is 0. The van der Waals surface area contributed by atoms with Gasteiger partial charge in [-0.25, -0.2) is 0 Å². The van der Waals surface area contributed by atoms with Gasteiger partial charge in [0.05, 0.1) is 0 Å². The minimum atomic E-state index is -0.905. The highest BCUT2D eigenvalue weighted by Crippen LogP contribution is 2.32. The van der Waals surface area contributed by atoms with Crippen molar-refractivity contribution in [2.75, 3.05) is 0 Å². The minimum absolute atomic E-state index is 0.377. The van der Waals surface area contributed by atoms with E-state index in [9.17, 15) is 9.90 Å². The number of carboxylic acids is 1. The van der Waals surface area contributed by atoms with Gasteiger partial charge in [-0.3, -0.25) is 9.69 Å². The van der Waals surface area contributed by atoms with E-state index in [0.717, 1.165) is 16.7 Å². The van der Waals surface area contributed by atoms with Crippen molar-refractivity contribution >= 4 is 5.97 Å². The van der Waals surface area contributed by atoms with Crippen molar-refractivity contribution in [1.82, 2.24) is 4.90 Å². The number of benzene rings is 4. The van der Waals surface area contributed by atoms with E-state index in [-0.39, 0.29) is 0 Å². The van der Waals surface area contributed by atoms with E-state index in [2.05, 4.69) is 0 Å². The Bertz CT molecular complexity index is 1110. The molecule has 4 rings (SSSR count). The highest BCUT2D eigenvalue weighted by Gasteiger charge is 2.30. The van der Waals surface area contributed by atoms with E-state index < -0.39 is 12.0 Å². The number of nitrogens with zero attached hydrogens (tertiary/aromatic N) is 1.